The quantitative estimate of drug-likeness (QED) is 0.709. The molecule has 4 nitrogen and oxygen atoms in total. The van der Waals surface area contributed by atoms with Crippen molar-refractivity contribution < 1.29 is 19.1 Å². The van der Waals surface area contributed by atoms with Crippen LogP contribution in [0.4, 0.5) is 4.39 Å². The highest BCUT2D eigenvalue weighted by Crippen LogP contribution is 2.31. The maximum Gasteiger partial charge on any atom is 0.329 e. The van der Waals surface area contributed by atoms with Crippen LogP contribution in [-0.2, 0) is 17.6 Å². The Kier molecular flexibility index (Phi) is 4.97. The third-order valence-corrected chi connectivity index (χ3v) is 5.40. The molecule has 7 heteroatoms. The molecule has 0 spiro atoms. The second-order valence-corrected chi connectivity index (χ2v) is 7.89. The first kappa shape index (κ1) is 18.1. The Hall–Kier alpha value is -1.73. The van der Waals surface area contributed by atoms with Gasteiger partial charge in [0.05, 0.1) is 5.56 Å². The van der Waals surface area contributed by atoms with Gasteiger partial charge in [0.15, 0.2) is 0 Å². The number of carboxylic acids is 1. The number of benzene rings is 2. The molecular formula is C18H14Br2FNO3. The molecule has 0 radical (unpaired) electrons. The zero-order valence-electron chi connectivity index (χ0n) is 13.0. The first-order valence-electron chi connectivity index (χ1n) is 7.59. The van der Waals surface area contributed by atoms with Gasteiger partial charge in [-0.2, -0.15) is 0 Å². The molecule has 130 valence electrons. The van der Waals surface area contributed by atoms with Crippen molar-refractivity contribution in [1.29, 1.82) is 0 Å². The fraction of sp³-hybridized carbons (Fsp3) is 0.222. The van der Waals surface area contributed by atoms with Crippen molar-refractivity contribution in [1.82, 2.24) is 5.32 Å². The number of aliphatic carboxylic acids is 1. The van der Waals surface area contributed by atoms with Gasteiger partial charge in [0, 0.05) is 15.4 Å². The third kappa shape index (κ3) is 3.62. The molecule has 2 aromatic carbocycles. The summed E-state index contributed by atoms with van der Waals surface area (Å²) in [6.45, 7) is 0. The average Bonchev–Trinajstić information content (AvgIpc) is 2.57. The summed E-state index contributed by atoms with van der Waals surface area (Å²) < 4.78 is 15.4. The maximum absolute atomic E-state index is 13.9. The highest BCUT2D eigenvalue weighted by Gasteiger charge is 2.43. The highest BCUT2D eigenvalue weighted by atomic mass is 79.9. The van der Waals surface area contributed by atoms with E-state index in [4.69, 9.17) is 0 Å². The van der Waals surface area contributed by atoms with Crippen LogP contribution in [0.2, 0.25) is 0 Å². The number of amides is 1. The number of carbonyl (C=O) groups excluding carboxylic acids is 1. The molecule has 1 aliphatic rings. The van der Waals surface area contributed by atoms with E-state index in [0.717, 1.165) is 15.6 Å². The van der Waals surface area contributed by atoms with E-state index < -0.39 is 23.2 Å². The number of fused-ring (bicyclic) bond motifs is 1. The van der Waals surface area contributed by atoms with Gasteiger partial charge in [0.25, 0.3) is 5.91 Å². The second kappa shape index (κ2) is 6.88. The van der Waals surface area contributed by atoms with E-state index >= 15 is 0 Å². The Balaban J connectivity index is 1.92. The number of rotatable bonds is 3. The highest BCUT2D eigenvalue weighted by molar-refractivity contribution is 9.10. The molecule has 0 saturated carbocycles. The molecule has 1 atom stereocenters. The Labute approximate surface area is 160 Å². The van der Waals surface area contributed by atoms with Crippen molar-refractivity contribution >= 4 is 43.7 Å². The van der Waals surface area contributed by atoms with E-state index in [-0.39, 0.29) is 18.4 Å². The molecule has 0 heterocycles. The minimum Gasteiger partial charge on any atom is -0.479 e. The van der Waals surface area contributed by atoms with Gasteiger partial charge in [-0.3, -0.25) is 4.79 Å². The van der Waals surface area contributed by atoms with Crippen molar-refractivity contribution in [3.05, 3.63) is 67.9 Å². The van der Waals surface area contributed by atoms with Gasteiger partial charge in [-0.05, 0) is 54.3 Å². The number of hydrogen-bond acceptors (Lipinski definition) is 2. The van der Waals surface area contributed by atoms with E-state index in [1.165, 1.54) is 18.2 Å². The van der Waals surface area contributed by atoms with Crippen LogP contribution in [0.3, 0.4) is 0 Å². The predicted octanol–water partition coefficient (Wildman–Crippen LogP) is 4.09. The van der Waals surface area contributed by atoms with E-state index in [1.807, 2.05) is 18.2 Å². The summed E-state index contributed by atoms with van der Waals surface area (Å²) in [5.41, 5.74) is 0.282. The lowest BCUT2D eigenvalue weighted by Gasteiger charge is -2.35. The minimum atomic E-state index is -1.45. The van der Waals surface area contributed by atoms with Crippen LogP contribution in [0.5, 0.6) is 0 Å². The molecule has 0 fully saturated rings. The molecule has 1 amide bonds. The number of carbonyl (C=O) groups is 2. The topological polar surface area (TPSA) is 66.4 Å². The number of nitrogens with one attached hydrogen (secondary N) is 1. The van der Waals surface area contributed by atoms with Crippen LogP contribution in [0.15, 0.2) is 45.3 Å². The summed E-state index contributed by atoms with van der Waals surface area (Å²) >= 11 is 6.59. The second-order valence-electron chi connectivity index (χ2n) is 6.06. The van der Waals surface area contributed by atoms with Crippen molar-refractivity contribution in [3.63, 3.8) is 0 Å². The SMILES string of the molecule is O=C(NC1(C(=O)O)CCc2cc(Br)ccc2C1)c1cc(Br)ccc1F. The molecular weight excluding hydrogens is 457 g/mol. The lowest BCUT2D eigenvalue weighted by atomic mass is 9.77. The summed E-state index contributed by atoms with van der Waals surface area (Å²) in [5.74, 6) is -2.55. The van der Waals surface area contributed by atoms with E-state index in [9.17, 15) is 19.1 Å². The van der Waals surface area contributed by atoms with Gasteiger partial charge in [0.2, 0.25) is 0 Å². The maximum atomic E-state index is 13.9. The molecule has 2 N–H and O–H groups in total. The number of halogens is 3. The lowest BCUT2D eigenvalue weighted by molar-refractivity contribution is -0.145. The predicted molar refractivity (Wildman–Crippen MR) is 98.1 cm³/mol. The molecule has 2 aromatic rings. The van der Waals surface area contributed by atoms with Gasteiger partial charge in [-0.1, -0.05) is 37.9 Å². The van der Waals surface area contributed by atoms with E-state index in [2.05, 4.69) is 37.2 Å². The molecule has 1 unspecified atom stereocenters. The fourth-order valence-corrected chi connectivity index (χ4v) is 3.83. The van der Waals surface area contributed by atoms with E-state index in [1.54, 1.807) is 0 Å². The van der Waals surface area contributed by atoms with Crippen LogP contribution >= 0.6 is 31.9 Å². The number of aryl methyl sites for hydroxylation is 1. The zero-order chi connectivity index (χ0) is 18.2. The van der Waals surface area contributed by atoms with Gasteiger partial charge in [-0.25, -0.2) is 9.18 Å². The van der Waals surface area contributed by atoms with E-state index in [0.29, 0.717) is 10.9 Å². The van der Waals surface area contributed by atoms with Gasteiger partial charge < -0.3 is 10.4 Å². The largest absolute Gasteiger partial charge is 0.479 e. The first-order valence-corrected chi connectivity index (χ1v) is 9.18. The summed E-state index contributed by atoms with van der Waals surface area (Å²) in [6, 6.07) is 9.63. The molecule has 1 aliphatic carbocycles. The smallest absolute Gasteiger partial charge is 0.329 e. The van der Waals surface area contributed by atoms with Crippen molar-refractivity contribution in [2.45, 2.75) is 24.8 Å². The van der Waals surface area contributed by atoms with Crippen LogP contribution in [-0.4, -0.2) is 22.5 Å². The molecule has 25 heavy (non-hydrogen) atoms. The summed E-state index contributed by atoms with van der Waals surface area (Å²) in [6.07, 6.45) is 0.918. The Morgan fingerprint density at radius 3 is 2.48 bits per heavy atom. The Bertz CT molecular complexity index is 871. The number of hydrogen-bond donors (Lipinski definition) is 2. The van der Waals surface area contributed by atoms with Gasteiger partial charge >= 0.3 is 5.97 Å². The van der Waals surface area contributed by atoms with Crippen LogP contribution in [0.1, 0.15) is 27.9 Å². The average molecular weight is 471 g/mol. The lowest BCUT2D eigenvalue weighted by Crippen LogP contribution is -2.57. The minimum absolute atomic E-state index is 0.159. The summed E-state index contributed by atoms with van der Waals surface area (Å²) in [7, 11) is 0. The monoisotopic (exact) mass is 469 g/mol. The zero-order valence-corrected chi connectivity index (χ0v) is 16.2. The van der Waals surface area contributed by atoms with Crippen molar-refractivity contribution in [3.8, 4) is 0 Å². The first-order chi connectivity index (χ1) is 11.8. The molecule has 3 rings (SSSR count). The normalized spacial score (nSPS) is 19.2. The van der Waals surface area contributed by atoms with Crippen LogP contribution in [0, 0.1) is 5.82 Å². The van der Waals surface area contributed by atoms with Crippen molar-refractivity contribution in [2.24, 2.45) is 0 Å². The Morgan fingerprint density at radius 1 is 1.08 bits per heavy atom. The molecule has 0 aromatic heterocycles. The fourth-order valence-electron chi connectivity index (χ4n) is 3.06. The van der Waals surface area contributed by atoms with Gasteiger partial charge in [0.1, 0.15) is 11.4 Å². The van der Waals surface area contributed by atoms with Crippen LogP contribution < -0.4 is 5.32 Å². The van der Waals surface area contributed by atoms with Crippen molar-refractivity contribution in [2.75, 3.05) is 0 Å². The number of carboxylic acid groups (broad SMARTS) is 1. The van der Waals surface area contributed by atoms with Gasteiger partial charge in [-0.15, -0.1) is 0 Å². The molecule has 0 saturated heterocycles. The van der Waals surface area contributed by atoms with Crippen LogP contribution in [0.25, 0.3) is 0 Å². The summed E-state index contributed by atoms with van der Waals surface area (Å²) in [5, 5.41) is 12.3. The molecule has 0 aliphatic heterocycles. The molecule has 0 bridgehead atoms. The standard InChI is InChI=1S/C18H14Br2FNO3/c19-12-2-1-11-9-18(17(24)25,6-5-10(11)7-12)22-16(23)14-8-13(20)3-4-15(14)21/h1-4,7-8H,5-6,9H2,(H,22,23)(H,24,25). The summed E-state index contributed by atoms with van der Waals surface area (Å²) in [4.78, 5) is 24.5. The third-order valence-electron chi connectivity index (χ3n) is 4.42. The Morgan fingerprint density at radius 2 is 1.76 bits per heavy atom.